The van der Waals surface area contributed by atoms with Crippen molar-refractivity contribution in [2.24, 2.45) is 0 Å². The molecule has 1 rings (SSSR count). The van der Waals surface area contributed by atoms with Gasteiger partial charge < -0.3 is 10.2 Å². The van der Waals surface area contributed by atoms with Crippen LogP contribution in [0.3, 0.4) is 0 Å². The zero-order chi connectivity index (χ0) is 12.8. The second-order valence-electron chi connectivity index (χ2n) is 3.81. The maximum atomic E-state index is 11.0. The lowest BCUT2D eigenvalue weighted by atomic mass is 10.1. The normalized spacial score (nSPS) is 13.9. The molecule has 1 aromatic carbocycles. The predicted molar refractivity (Wildman–Crippen MR) is 61.8 cm³/mol. The molecule has 17 heavy (non-hydrogen) atoms. The molecule has 92 valence electrons. The molecule has 5 nitrogen and oxygen atoms in total. The molecule has 0 aromatic heterocycles. The van der Waals surface area contributed by atoms with E-state index in [0.29, 0.717) is 0 Å². The van der Waals surface area contributed by atoms with Crippen LogP contribution in [0.15, 0.2) is 30.3 Å². The molecule has 0 amide bonds. The highest BCUT2D eigenvalue weighted by Gasteiger charge is 2.22. The highest BCUT2D eigenvalue weighted by atomic mass is 16.4. The number of hydrogen-bond donors (Lipinski definition) is 3. The first-order valence-corrected chi connectivity index (χ1v) is 5.26. The monoisotopic (exact) mass is 237 g/mol. The van der Waals surface area contributed by atoms with Gasteiger partial charge in [0.15, 0.2) is 0 Å². The van der Waals surface area contributed by atoms with Crippen LogP contribution in [-0.4, -0.2) is 34.2 Å². The van der Waals surface area contributed by atoms with E-state index < -0.39 is 24.0 Å². The molecule has 2 atom stereocenters. The summed E-state index contributed by atoms with van der Waals surface area (Å²) < 4.78 is 0. The van der Waals surface area contributed by atoms with E-state index in [9.17, 15) is 9.59 Å². The Morgan fingerprint density at radius 1 is 1.18 bits per heavy atom. The number of carbonyl (C=O) groups is 2. The Labute approximate surface area is 99.1 Å². The van der Waals surface area contributed by atoms with Crippen molar-refractivity contribution in [3.63, 3.8) is 0 Å². The van der Waals surface area contributed by atoms with Gasteiger partial charge in [-0.15, -0.1) is 0 Å². The molecule has 0 aliphatic carbocycles. The van der Waals surface area contributed by atoms with E-state index >= 15 is 0 Å². The van der Waals surface area contributed by atoms with Crippen molar-refractivity contribution in [1.82, 2.24) is 5.32 Å². The number of benzene rings is 1. The van der Waals surface area contributed by atoms with Gasteiger partial charge in [-0.3, -0.25) is 14.9 Å². The SMILES string of the molecule is CC(N[C@H](Cc1ccccc1)C(=O)O)C(=O)O. The van der Waals surface area contributed by atoms with Crippen molar-refractivity contribution in [3.05, 3.63) is 35.9 Å². The number of carboxylic acids is 2. The Morgan fingerprint density at radius 2 is 1.76 bits per heavy atom. The molecule has 0 aliphatic heterocycles. The molecule has 1 aromatic rings. The maximum Gasteiger partial charge on any atom is 0.321 e. The fourth-order valence-corrected chi connectivity index (χ4v) is 1.44. The number of carboxylic acid groups (broad SMARTS) is 2. The lowest BCUT2D eigenvalue weighted by Crippen LogP contribution is -2.46. The first-order valence-electron chi connectivity index (χ1n) is 5.26. The summed E-state index contributed by atoms with van der Waals surface area (Å²) in [6.07, 6.45) is 0.258. The Hall–Kier alpha value is -1.88. The van der Waals surface area contributed by atoms with Crippen LogP contribution in [0.5, 0.6) is 0 Å². The molecule has 0 saturated heterocycles. The van der Waals surface area contributed by atoms with Crippen LogP contribution >= 0.6 is 0 Å². The highest BCUT2D eigenvalue weighted by molar-refractivity contribution is 5.77. The summed E-state index contributed by atoms with van der Waals surface area (Å²) in [6, 6.07) is 7.30. The number of nitrogens with one attached hydrogen (secondary N) is 1. The van der Waals surface area contributed by atoms with Crippen LogP contribution in [0, 0.1) is 0 Å². The molecular formula is C12H15NO4. The van der Waals surface area contributed by atoms with Gasteiger partial charge in [0.25, 0.3) is 0 Å². The van der Waals surface area contributed by atoms with Crippen LogP contribution in [0.1, 0.15) is 12.5 Å². The number of hydrogen-bond acceptors (Lipinski definition) is 3. The highest BCUT2D eigenvalue weighted by Crippen LogP contribution is 2.04. The minimum Gasteiger partial charge on any atom is -0.480 e. The molecule has 0 heterocycles. The Morgan fingerprint density at radius 3 is 2.24 bits per heavy atom. The third-order valence-corrected chi connectivity index (χ3v) is 2.40. The van der Waals surface area contributed by atoms with Crippen molar-refractivity contribution in [2.45, 2.75) is 25.4 Å². The summed E-state index contributed by atoms with van der Waals surface area (Å²) in [5, 5.41) is 20.3. The fraction of sp³-hybridized carbons (Fsp3) is 0.333. The molecule has 3 N–H and O–H groups in total. The van der Waals surface area contributed by atoms with E-state index in [2.05, 4.69) is 5.32 Å². The largest absolute Gasteiger partial charge is 0.480 e. The smallest absolute Gasteiger partial charge is 0.321 e. The van der Waals surface area contributed by atoms with Crippen LogP contribution in [-0.2, 0) is 16.0 Å². The summed E-state index contributed by atoms with van der Waals surface area (Å²) in [5.41, 5.74) is 0.852. The van der Waals surface area contributed by atoms with E-state index in [-0.39, 0.29) is 6.42 Å². The Bertz CT molecular complexity index is 391. The van der Waals surface area contributed by atoms with E-state index in [1.165, 1.54) is 6.92 Å². The van der Waals surface area contributed by atoms with Crippen molar-refractivity contribution < 1.29 is 19.8 Å². The second kappa shape index (κ2) is 6.00. The number of rotatable bonds is 6. The van der Waals surface area contributed by atoms with Gasteiger partial charge in [0, 0.05) is 0 Å². The molecule has 1 unspecified atom stereocenters. The Balaban J connectivity index is 2.67. The van der Waals surface area contributed by atoms with Crippen molar-refractivity contribution >= 4 is 11.9 Å². The minimum atomic E-state index is -1.07. The molecular weight excluding hydrogens is 222 g/mol. The van der Waals surface area contributed by atoms with Gasteiger partial charge in [-0.2, -0.15) is 0 Å². The molecule has 0 radical (unpaired) electrons. The quantitative estimate of drug-likeness (QED) is 0.679. The first kappa shape index (κ1) is 13.2. The van der Waals surface area contributed by atoms with Crippen LogP contribution < -0.4 is 5.32 Å². The van der Waals surface area contributed by atoms with Crippen LogP contribution in [0.25, 0.3) is 0 Å². The zero-order valence-corrected chi connectivity index (χ0v) is 9.46. The van der Waals surface area contributed by atoms with Gasteiger partial charge in [0.05, 0.1) is 0 Å². The minimum absolute atomic E-state index is 0.258. The molecule has 0 saturated carbocycles. The van der Waals surface area contributed by atoms with Gasteiger partial charge in [-0.25, -0.2) is 0 Å². The molecule has 0 fully saturated rings. The number of aliphatic carboxylic acids is 2. The summed E-state index contributed by atoms with van der Waals surface area (Å²) >= 11 is 0. The molecule has 0 spiro atoms. The standard InChI is InChI=1S/C12H15NO4/c1-8(11(14)15)13-10(12(16)17)7-9-5-3-2-4-6-9/h2-6,8,10,13H,7H2,1H3,(H,14,15)(H,16,17)/t8?,10-/m1/s1. The fourth-order valence-electron chi connectivity index (χ4n) is 1.44. The van der Waals surface area contributed by atoms with Gasteiger partial charge >= 0.3 is 11.9 Å². The average molecular weight is 237 g/mol. The van der Waals surface area contributed by atoms with E-state index in [1.807, 2.05) is 30.3 Å². The first-order chi connectivity index (χ1) is 8.00. The third kappa shape index (κ3) is 4.24. The van der Waals surface area contributed by atoms with Crippen molar-refractivity contribution in [3.8, 4) is 0 Å². The van der Waals surface area contributed by atoms with Gasteiger partial charge in [0.1, 0.15) is 12.1 Å². The molecule has 0 bridgehead atoms. The van der Waals surface area contributed by atoms with E-state index in [0.717, 1.165) is 5.56 Å². The topological polar surface area (TPSA) is 86.6 Å². The van der Waals surface area contributed by atoms with Crippen molar-refractivity contribution in [2.75, 3.05) is 0 Å². The maximum absolute atomic E-state index is 11.0. The van der Waals surface area contributed by atoms with Crippen LogP contribution in [0.2, 0.25) is 0 Å². The third-order valence-electron chi connectivity index (χ3n) is 2.40. The summed E-state index contributed by atoms with van der Waals surface area (Å²) in [7, 11) is 0. The van der Waals surface area contributed by atoms with E-state index in [1.54, 1.807) is 0 Å². The zero-order valence-electron chi connectivity index (χ0n) is 9.46. The Kier molecular flexibility index (Phi) is 4.66. The summed E-state index contributed by atoms with van der Waals surface area (Å²) in [5.74, 6) is -2.12. The lowest BCUT2D eigenvalue weighted by molar-refractivity contribution is -0.142. The van der Waals surface area contributed by atoms with Crippen molar-refractivity contribution in [1.29, 1.82) is 0 Å². The predicted octanol–water partition coefficient (Wildman–Crippen LogP) is 0.745. The lowest BCUT2D eigenvalue weighted by Gasteiger charge is -2.17. The average Bonchev–Trinajstić information content (AvgIpc) is 2.29. The van der Waals surface area contributed by atoms with E-state index in [4.69, 9.17) is 10.2 Å². The van der Waals surface area contributed by atoms with Gasteiger partial charge in [-0.1, -0.05) is 30.3 Å². The molecule has 5 heteroatoms. The van der Waals surface area contributed by atoms with Crippen LogP contribution in [0.4, 0.5) is 0 Å². The second-order valence-corrected chi connectivity index (χ2v) is 3.81. The summed E-state index contributed by atoms with van der Waals surface area (Å²) in [4.78, 5) is 21.7. The molecule has 0 aliphatic rings. The summed E-state index contributed by atoms with van der Waals surface area (Å²) in [6.45, 7) is 1.42. The van der Waals surface area contributed by atoms with Gasteiger partial charge in [0.2, 0.25) is 0 Å². The van der Waals surface area contributed by atoms with Gasteiger partial charge in [-0.05, 0) is 18.9 Å².